The molecule has 1 fully saturated rings. The first-order valence-electron chi connectivity index (χ1n) is 4.95. The highest BCUT2D eigenvalue weighted by molar-refractivity contribution is 4.81. The Morgan fingerprint density at radius 1 is 1.36 bits per heavy atom. The monoisotopic (exact) mass is 155 g/mol. The third kappa shape index (κ3) is 2.19. The van der Waals surface area contributed by atoms with Crippen molar-refractivity contribution in [1.29, 1.82) is 0 Å². The summed E-state index contributed by atoms with van der Waals surface area (Å²) in [5, 5.41) is 3.43. The summed E-state index contributed by atoms with van der Waals surface area (Å²) >= 11 is 0. The maximum Gasteiger partial charge on any atom is 0.00924 e. The third-order valence-electron chi connectivity index (χ3n) is 3.14. The van der Waals surface area contributed by atoms with Crippen LogP contribution in [0, 0.1) is 11.8 Å². The maximum absolute atomic E-state index is 3.43. The number of rotatable bonds is 2. The van der Waals surface area contributed by atoms with Crippen LogP contribution in [-0.2, 0) is 0 Å². The molecule has 0 amide bonds. The second kappa shape index (κ2) is 4.10. The molecule has 1 aliphatic rings. The molecule has 1 rings (SSSR count). The van der Waals surface area contributed by atoms with Crippen LogP contribution in [-0.4, -0.2) is 13.1 Å². The quantitative estimate of drug-likeness (QED) is 0.645. The van der Waals surface area contributed by atoms with Crippen LogP contribution in [0.4, 0.5) is 0 Å². The lowest BCUT2D eigenvalue weighted by Crippen LogP contribution is -2.37. The average molecular weight is 155 g/mol. The van der Waals surface area contributed by atoms with Gasteiger partial charge in [-0.05, 0) is 38.1 Å². The van der Waals surface area contributed by atoms with Crippen LogP contribution in [0.25, 0.3) is 0 Å². The van der Waals surface area contributed by atoms with Crippen molar-refractivity contribution in [1.82, 2.24) is 5.32 Å². The second-order valence-corrected chi connectivity index (χ2v) is 3.98. The summed E-state index contributed by atoms with van der Waals surface area (Å²) < 4.78 is 0. The van der Waals surface area contributed by atoms with Crippen molar-refractivity contribution in [3.63, 3.8) is 0 Å². The normalized spacial score (nSPS) is 39.0. The lowest BCUT2D eigenvalue weighted by atomic mass is 9.78. The van der Waals surface area contributed by atoms with Crippen molar-refractivity contribution in [2.24, 2.45) is 11.8 Å². The van der Waals surface area contributed by atoms with Gasteiger partial charge in [0, 0.05) is 6.04 Å². The van der Waals surface area contributed by atoms with Crippen LogP contribution < -0.4 is 5.32 Å². The van der Waals surface area contributed by atoms with Gasteiger partial charge in [-0.1, -0.05) is 20.3 Å². The molecule has 0 aromatic rings. The molecule has 1 aliphatic carbocycles. The van der Waals surface area contributed by atoms with Crippen molar-refractivity contribution in [2.75, 3.05) is 7.05 Å². The molecule has 66 valence electrons. The number of hydrogen-bond acceptors (Lipinski definition) is 1. The fourth-order valence-electron chi connectivity index (χ4n) is 2.33. The molecular formula is C10H21N. The largest absolute Gasteiger partial charge is 0.317 e. The molecule has 11 heavy (non-hydrogen) atoms. The minimum absolute atomic E-state index is 0.802. The van der Waals surface area contributed by atoms with Gasteiger partial charge in [0.05, 0.1) is 0 Å². The van der Waals surface area contributed by atoms with Crippen molar-refractivity contribution >= 4 is 0 Å². The minimum Gasteiger partial charge on any atom is -0.317 e. The molecule has 0 radical (unpaired) electrons. The Morgan fingerprint density at radius 2 is 2.09 bits per heavy atom. The highest BCUT2D eigenvalue weighted by Gasteiger charge is 2.25. The van der Waals surface area contributed by atoms with Gasteiger partial charge in [-0.25, -0.2) is 0 Å². The van der Waals surface area contributed by atoms with E-state index in [1.54, 1.807) is 0 Å². The summed E-state index contributed by atoms with van der Waals surface area (Å²) in [4.78, 5) is 0. The van der Waals surface area contributed by atoms with E-state index in [9.17, 15) is 0 Å². The van der Waals surface area contributed by atoms with Gasteiger partial charge in [0.25, 0.3) is 0 Å². The van der Waals surface area contributed by atoms with E-state index >= 15 is 0 Å². The van der Waals surface area contributed by atoms with Gasteiger partial charge < -0.3 is 5.32 Å². The van der Waals surface area contributed by atoms with Crippen molar-refractivity contribution < 1.29 is 0 Å². The first-order valence-corrected chi connectivity index (χ1v) is 4.95. The van der Waals surface area contributed by atoms with Crippen LogP contribution in [0.3, 0.4) is 0 Å². The molecule has 0 saturated heterocycles. The Bertz CT molecular complexity index is 111. The van der Waals surface area contributed by atoms with E-state index in [0.717, 1.165) is 17.9 Å². The predicted octanol–water partition coefficient (Wildman–Crippen LogP) is 2.42. The van der Waals surface area contributed by atoms with E-state index in [2.05, 4.69) is 26.2 Å². The van der Waals surface area contributed by atoms with E-state index in [1.807, 2.05) is 0 Å². The molecule has 0 bridgehead atoms. The summed E-state index contributed by atoms with van der Waals surface area (Å²) in [6.45, 7) is 4.70. The van der Waals surface area contributed by atoms with E-state index in [0.29, 0.717) is 0 Å². The van der Waals surface area contributed by atoms with Crippen LogP contribution >= 0.6 is 0 Å². The summed E-state index contributed by atoms with van der Waals surface area (Å²) in [5.41, 5.74) is 0. The molecule has 1 heteroatoms. The number of nitrogens with one attached hydrogen (secondary N) is 1. The maximum atomic E-state index is 3.43. The minimum atomic E-state index is 0.802. The molecule has 0 aromatic heterocycles. The Kier molecular flexibility index (Phi) is 3.38. The van der Waals surface area contributed by atoms with E-state index in [-0.39, 0.29) is 0 Å². The van der Waals surface area contributed by atoms with Crippen LogP contribution in [0.1, 0.15) is 39.5 Å². The molecule has 0 heterocycles. The van der Waals surface area contributed by atoms with Crippen LogP contribution in [0.2, 0.25) is 0 Å². The second-order valence-electron chi connectivity index (χ2n) is 3.98. The zero-order valence-electron chi connectivity index (χ0n) is 8.06. The predicted molar refractivity (Wildman–Crippen MR) is 49.6 cm³/mol. The Labute approximate surface area is 70.6 Å². The fraction of sp³-hybridized carbons (Fsp3) is 1.00. The molecule has 0 spiro atoms. The Morgan fingerprint density at radius 3 is 2.64 bits per heavy atom. The molecule has 0 aliphatic heterocycles. The van der Waals surface area contributed by atoms with Crippen molar-refractivity contribution in [2.45, 2.75) is 45.6 Å². The highest BCUT2D eigenvalue weighted by Crippen LogP contribution is 2.30. The van der Waals surface area contributed by atoms with Gasteiger partial charge in [0.2, 0.25) is 0 Å². The van der Waals surface area contributed by atoms with Gasteiger partial charge in [-0.3, -0.25) is 0 Å². The zero-order chi connectivity index (χ0) is 8.27. The Hall–Kier alpha value is -0.0400. The van der Waals surface area contributed by atoms with Gasteiger partial charge in [-0.2, -0.15) is 0 Å². The standard InChI is InChI=1S/C10H21N/c1-4-9-7-8(2)5-6-10(9)11-3/h8-11H,4-7H2,1-3H3. The summed E-state index contributed by atoms with van der Waals surface area (Å²) in [6, 6.07) is 0.802. The van der Waals surface area contributed by atoms with Crippen molar-refractivity contribution in [3.8, 4) is 0 Å². The summed E-state index contributed by atoms with van der Waals surface area (Å²) in [7, 11) is 2.10. The Balaban J connectivity index is 2.41. The lowest BCUT2D eigenvalue weighted by molar-refractivity contribution is 0.216. The van der Waals surface area contributed by atoms with Crippen LogP contribution in [0.15, 0.2) is 0 Å². The van der Waals surface area contributed by atoms with Crippen molar-refractivity contribution in [3.05, 3.63) is 0 Å². The summed E-state index contributed by atoms with van der Waals surface area (Å²) in [5.74, 6) is 1.90. The topological polar surface area (TPSA) is 12.0 Å². The third-order valence-corrected chi connectivity index (χ3v) is 3.14. The SMILES string of the molecule is CCC1CC(C)CCC1NC. The van der Waals surface area contributed by atoms with Gasteiger partial charge in [0.15, 0.2) is 0 Å². The molecular weight excluding hydrogens is 134 g/mol. The molecule has 1 nitrogen and oxygen atoms in total. The zero-order valence-corrected chi connectivity index (χ0v) is 8.06. The first kappa shape index (κ1) is 9.05. The van der Waals surface area contributed by atoms with E-state index in [1.165, 1.54) is 25.7 Å². The lowest BCUT2D eigenvalue weighted by Gasteiger charge is -2.34. The molecule has 1 N–H and O–H groups in total. The van der Waals surface area contributed by atoms with E-state index in [4.69, 9.17) is 0 Å². The van der Waals surface area contributed by atoms with Gasteiger partial charge >= 0.3 is 0 Å². The molecule has 1 saturated carbocycles. The smallest absolute Gasteiger partial charge is 0.00924 e. The first-order chi connectivity index (χ1) is 5.27. The van der Waals surface area contributed by atoms with Gasteiger partial charge in [-0.15, -0.1) is 0 Å². The fourth-order valence-corrected chi connectivity index (χ4v) is 2.33. The summed E-state index contributed by atoms with van der Waals surface area (Å²) in [6.07, 6.45) is 5.58. The highest BCUT2D eigenvalue weighted by atomic mass is 14.9. The van der Waals surface area contributed by atoms with Gasteiger partial charge in [0.1, 0.15) is 0 Å². The number of hydrogen-bond donors (Lipinski definition) is 1. The van der Waals surface area contributed by atoms with Crippen LogP contribution in [0.5, 0.6) is 0 Å². The molecule has 3 unspecified atom stereocenters. The molecule has 3 atom stereocenters. The van der Waals surface area contributed by atoms with E-state index < -0.39 is 0 Å². The molecule has 0 aromatic carbocycles. The average Bonchev–Trinajstić information content (AvgIpc) is 2.04.